The minimum atomic E-state index is -0.380. The molecule has 0 spiro atoms. The average Bonchev–Trinajstić information content (AvgIpc) is 2.96. The van der Waals surface area contributed by atoms with E-state index < -0.39 is 0 Å². The van der Waals surface area contributed by atoms with Gasteiger partial charge in [0, 0.05) is 18.4 Å². The number of hydrogen-bond acceptors (Lipinski definition) is 5. The summed E-state index contributed by atoms with van der Waals surface area (Å²) in [6.07, 6.45) is 4.33. The molecule has 1 aromatic rings. The Labute approximate surface area is 119 Å². The molecule has 1 atom stereocenters. The molecule has 110 valence electrons. The Morgan fingerprint density at radius 1 is 1.50 bits per heavy atom. The molecule has 1 fully saturated rings. The zero-order valence-electron chi connectivity index (χ0n) is 11.8. The Bertz CT molecular complexity index is 455. The Kier molecular flexibility index (Phi) is 5.24. The first-order valence-corrected chi connectivity index (χ1v) is 6.93. The largest absolute Gasteiger partial charge is 0.496 e. The van der Waals surface area contributed by atoms with Crippen LogP contribution in [0, 0.1) is 0 Å². The molecule has 0 amide bonds. The van der Waals surface area contributed by atoms with E-state index in [0.29, 0.717) is 29.7 Å². The van der Waals surface area contributed by atoms with Crippen molar-refractivity contribution < 1.29 is 19.0 Å². The third-order valence-electron chi connectivity index (χ3n) is 3.37. The molecule has 1 unspecified atom stereocenters. The number of ether oxygens (including phenoxy) is 3. The van der Waals surface area contributed by atoms with Crippen LogP contribution < -0.4 is 10.5 Å². The molecule has 1 heterocycles. The molecular weight excluding hydrogens is 258 g/mol. The summed E-state index contributed by atoms with van der Waals surface area (Å²) in [5.41, 5.74) is 6.60. The van der Waals surface area contributed by atoms with Gasteiger partial charge in [-0.1, -0.05) is 0 Å². The monoisotopic (exact) mass is 279 g/mol. The number of carbonyl (C=O) groups excluding carboxylic acids is 1. The molecule has 0 aliphatic carbocycles. The van der Waals surface area contributed by atoms with E-state index in [4.69, 9.17) is 19.9 Å². The van der Waals surface area contributed by atoms with Gasteiger partial charge < -0.3 is 19.9 Å². The SMILES string of the molecule is COc1cc(N)ccc1C(=O)OCCCC1CCCO1. The molecule has 5 heteroatoms. The summed E-state index contributed by atoms with van der Waals surface area (Å²) in [6, 6.07) is 4.89. The summed E-state index contributed by atoms with van der Waals surface area (Å²) in [4.78, 5) is 12.0. The van der Waals surface area contributed by atoms with Crippen molar-refractivity contribution in [3.63, 3.8) is 0 Å². The fourth-order valence-corrected chi connectivity index (χ4v) is 2.30. The summed E-state index contributed by atoms with van der Waals surface area (Å²) < 4.78 is 15.9. The second-order valence-corrected chi connectivity index (χ2v) is 4.87. The standard InChI is InChI=1S/C15H21NO4/c1-18-14-10-11(16)6-7-13(14)15(17)20-9-3-5-12-4-2-8-19-12/h6-7,10,12H,2-5,8-9,16H2,1H3. The number of anilines is 1. The van der Waals surface area contributed by atoms with E-state index in [1.54, 1.807) is 18.2 Å². The molecule has 5 nitrogen and oxygen atoms in total. The molecular formula is C15H21NO4. The highest BCUT2D eigenvalue weighted by atomic mass is 16.5. The van der Waals surface area contributed by atoms with E-state index in [1.165, 1.54) is 7.11 Å². The Balaban J connectivity index is 1.79. The van der Waals surface area contributed by atoms with Gasteiger partial charge in [0.25, 0.3) is 0 Å². The molecule has 1 aliphatic rings. The number of hydrogen-bond donors (Lipinski definition) is 1. The van der Waals surface area contributed by atoms with Crippen molar-refractivity contribution in [1.29, 1.82) is 0 Å². The highest BCUT2D eigenvalue weighted by Crippen LogP contribution is 2.22. The van der Waals surface area contributed by atoms with Crippen LogP contribution in [0.15, 0.2) is 18.2 Å². The lowest BCUT2D eigenvalue weighted by atomic mass is 10.1. The van der Waals surface area contributed by atoms with Crippen molar-refractivity contribution >= 4 is 11.7 Å². The molecule has 1 aromatic carbocycles. The second-order valence-electron chi connectivity index (χ2n) is 4.87. The summed E-state index contributed by atoms with van der Waals surface area (Å²) >= 11 is 0. The van der Waals surface area contributed by atoms with Crippen LogP contribution in [0.2, 0.25) is 0 Å². The van der Waals surface area contributed by atoms with Gasteiger partial charge in [0.2, 0.25) is 0 Å². The Hall–Kier alpha value is -1.75. The van der Waals surface area contributed by atoms with E-state index in [-0.39, 0.29) is 5.97 Å². The third-order valence-corrected chi connectivity index (χ3v) is 3.37. The minimum Gasteiger partial charge on any atom is -0.496 e. The topological polar surface area (TPSA) is 70.8 Å². The van der Waals surface area contributed by atoms with Crippen LogP contribution in [0.1, 0.15) is 36.0 Å². The van der Waals surface area contributed by atoms with Crippen LogP contribution in [-0.2, 0) is 9.47 Å². The van der Waals surface area contributed by atoms with E-state index in [1.807, 2.05) is 0 Å². The highest BCUT2D eigenvalue weighted by molar-refractivity contribution is 5.93. The van der Waals surface area contributed by atoms with Gasteiger partial charge in [-0.3, -0.25) is 0 Å². The predicted octanol–water partition coefficient (Wildman–Crippen LogP) is 2.39. The van der Waals surface area contributed by atoms with Crippen molar-refractivity contribution in [3.8, 4) is 5.75 Å². The van der Waals surface area contributed by atoms with Gasteiger partial charge in [-0.25, -0.2) is 4.79 Å². The molecule has 0 bridgehead atoms. The molecule has 1 saturated heterocycles. The molecule has 0 radical (unpaired) electrons. The van der Waals surface area contributed by atoms with E-state index in [0.717, 1.165) is 32.3 Å². The number of methoxy groups -OCH3 is 1. The Morgan fingerprint density at radius 3 is 3.05 bits per heavy atom. The van der Waals surface area contributed by atoms with Crippen molar-refractivity contribution in [2.45, 2.75) is 31.8 Å². The maximum atomic E-state index is 12.0. The van der Waals surface area contributed by atoms with Gasteiger partial charge in [-0.15, -0.1) is 0 Å². The van der Waals surface area contributed by atoms with Crippen LogP contribution in [-0.4, -0.2) is 32.4 Å². The van der Waals surface area contributed by atoms with Gasteiger partial charge in [-0.2, -0.15) is 0 Å². The maximum Gasteiger partial charge on any atom is 0.341 e. The third kappa shape index (κ3) is 3.87. The van der Waals surface area contributed by atoms with Crippen LogP contribution in [0.5, 0.6) is 5.75 Å². The van der Waals surface area contributed by atoms with Gasteiger partial charge in [-0.05, 0) is 37.8 Å². The smallest absolute Gasteiger partial charge is 0.341 e. The lowest BCUT2D eigenvalue weighted by Gasteiger charge is -2.11. The lowest BCUT2D eigenvalue weighted by molar-refractivity contribution is 0.0458. The van der Waals surface area contributed by atoms with E-state index in [9.17, 15) is 4.79 Å². The first-order chi connectivity index (χ1) is 9.70. The number of nitrogens with two attached hydrogens (primary N) is 1. The summed E-state index contributed by atoms with van der Waals surface area (Å²) in [7, 11) is 1.50. The van der Waals surface area contributed by atoms with Gasteiger partial charge >= 0.3 is 5.97 Å². The molecule has 2 rings (SSSR count). The molecule has 1 aliphatic heterocycles. The van der Waals surface area contributed by atoms with Crippen LogP contribution in [0.3, 0.4) is 0 Å². The molecule has 0 saturated carbocycles. The molecule has 0 aromatic heterocycles. The lowest BCUT2D eigenvalue weighted by Crippen LogP contribution is -2.11. The van der Waals surface area contributed by atoms with E-state index in [2.05, 4.69) is 0 Å². The summed E-state index contributed by atoms with van der Waals surface area (Å²) in [6.45, 7) is 1.25. The zero-order valence-corrected chi connectivity index (χ0v) is 11.8. The molecule has 20 heavy (non-hydrogen) atoms. The minimum absolute atomic E-state index is 0.333. The number of benzene rings is 1. The summed E-state index contributed by atoms with van der Waals surface area (Å²) in [5.74, 6) is 0.0586. The predicted molar refractivity (Wildman–Crippen MR) is 75.9 cm³/mol. The van der Waals surface area contributed by atoms with Crippen LogP contribution in [0.25, 0.3) is 0 Å². The van der Waals surface area contributed by atoms with Crippen molar-refractivity contribution in [2.24, 2.45) is 0 Å². The van der Waals surface area contributed by atoms with Gasteiger partial charge in [0.1, 0.15) is 11.3 Å². The number of carbonyl (C=O) groups is 1. The maximum absolute atomic E-state index is 12.0. The van der Waals surface area contributed by atoms with Crippen molar-refractivity contribution in [1.82, 2.24) is 0 Å². The quantitative estimate of drug-likeness (QED) is 0.492. The Morgan fingerprint density at radius 2 is 2.35 bits per heavy atom. The normalized spacial score (nSPS) is 17.9. The van der Waals surface area contributed by atoms with Crippen molar-refractivity contribution in [2.75, 3.05) is 26.1 Å². The fourth-order valence-electron chi connectivity index (χ4n) is 2.30. The number of nitrogen functional groups attached to an aromatic ring is 1. The molecule has 2 N–H and O–H groups in total. The van der Waals surface area contributed by atoms with Crippen LogP contribution >= 0.6 is 0 Å². The number of esters is 1. The van der Waals surface area contributed by atoms with E-state index >= 15 is 0 Å². The first kappa shape index (κ1) is 14.7. The van der Waals surface area contributed by atoms with Crippen LogP contribution in [0.4, 0.5) is 5.69 Å². The zero-order chi connectivity index (χ0) is 14.4. The number of rotatable bonds is 6. The fraction of sp³-hybridized carbons (Fsp3) is 0.533. The van der Waals surface area contributed by atoms with Gasteiger partial charge in [0.15, 0.2) is 0 Å². The summed E-state index contributed by atoms with van der Waals surface area (Å²) in [5, 5.41) is 0. The van der Waals surface area contributed by atoms with Crippen molar-refractivity contribution in [3.05, 3.63) is 23.8 Å². The first-order valence-electron chi connectivity index (χ1n) is 6.93. The second kappa shape index (κ2) is 7.14. The van der Waals surface area contributed by atoms with Gasteiger partial charge in [0.05, 0.1) is 19.8 Å². The highest BCUT2D eigenvalue weighted by Gasteiger charge is 2.16. The average molecular weight is 279 g/mol.